The zero-order valence-corrected chi connectivity index (χ0v) is 9.47. The van der Waals surface area contributed by atoms with Gasteiger partial charge in [-0.2, -0.15) is 0 Å². The smallest absolute Gasteiger partial charge is 0.315 e. The highest BCUT2D eigenvalue weighted by atomic mass is 16.6. The molecule has 0 saturated heterocycles. The molecule has 0 amide bonds. The lowest BCUT2D eigenvalue weighted by Gasteiger charge is -2.38. The number of benzene rings is 1. The number of methoxy groups -OCH3 is 1. The van der Waals surface area contributed by atoms with E-state index in [0.29, 0.717) is 5.56 Å². The van der Waals surface area contributed by atoms with Gasteiger partial charge in [0.15, 0.2) is 5.75 Å². The van der Waals surface area contributed by atoms with Crippen molar-refractivity contribution >= 4 is 5.69 Å². The van der Waals surface area contributed by atoms with Crippen LogP contribution < -0.4 is 10.5 Å². The molecule has 1 aromatic rings. The average molecular weight is 238 g/mol. The molecule has 0 radical (unpaired) electrons. The SMILES string of the molecule is COc1cc(C2(N)CCC2)cc([N+](=O)[O-])c1O. The first-order valence-corrected chi connectivity index (χ1v) is 5.33. The molecule has 1 aliphatic rings. The van der Waals surface area contributed by atoms with Gasteiger partial charge in [-0.1, -0.05) is 0 Å². The van der Waals surface area contributed by atoms with E-state index >= 15 is 0 Å². The summed E-state index contributed by atoms with van der Waals surface area (Å²) < 4.78 is 4.93. The van der Waals surface area contributed by atoms with Crippen LogP contribution in [0.1, 0.15) is 24.8 Å². The molecule has 2 rings (SSSR count). The van der Waals surface area contributed by atoms with E-state index in [9.17, 15) is 15.2 Å². The van der Waals surface area contributed by atoms with Crippen molar-refractivity contribution in [3.63, 3.8) is 0 Å². The Kier molecular flexibility index (Phi) is 2.66. The molecule has 0 aromatic heterocycles. The van der Waals surface area contributed by atoms with Gasteiger partial charge in [0.2, 0.25) is 5.75 Å². The van der Waals surface area contributed by atoms with E-state index in [1.807, 2.05) is 0 Å². The topological polar surface area (TPSA) is 98.6 Å². The third kappa shape index (κ3) is 1.80. The highest BCUT2D eigenvalue weighted by Gasteiger charge is 2.37. The number of ether oxygens (including phenoxy) is 1. The van der Waals surface area contributed by atoms with Gasteiger partial charge in [-0.15, -0.1) is 0 Å². The zero-order valence-electron chi connectivity index (χ0n) is 9.47. The van der Waals surface area contributed by atoms with Crippen molar-refractivity contribution in [1.82, 2.24) is 0 Å². The number of rotatable bonds is 3. The molecular formula is C11H14N2O4. The van der Waals surface area contributed by atoms with Crippen molar-refractivity contribution in [2.75, 3.05) is 7.11 Å². The second-order valence-electron chi connectivity index (χ2n) is 4.31. The summed E-state index contributed by atoms with van der Waals surface area (Å²) in [6, 6.07) is 2.90. The van der Waals surface area contributed by atoms with Crippen LogP contribution in [0.2, 0.25) is 0 Å². The molecule has 1 fully saturated rings. The van der Waals surface area contributed by atoms with E-state index in [0.717, 1.165) is 19.3 Å². The standard InChI is InChI=1S/C11H14N2O4/c1-17-9-6-7(11(12)3-2-4-11)5-8(10(9)14)13(15)16/h5-6,14H,2-4,12H2,1H3. The maximum atomic E-state index is 10.8. The van der Waals surface area contributed by atoms with Crippen molar-refractivity contribution in [2.45, 2.75) is 24.8 Å². The van der Waals surface area contributed by atoms with E-state index < -0.39 is 16.2 Å². The quantitative estimate of drug-likeness (QED) is 0.616. The third-order valence-electron chi connectivity index (χ3n) is 3.29. The fourth-order valence-electron chi connectivity index (χ4n) is 2.02. The largest absolute Gasteiger partial charge is 0.500 e. The third-order valence-corrected chi connectivity index (χ3v) is 3.29. The summed E-state index contributed by atoms with van der Waals surface area (Å²) in [5.41, 5.74) is 5.86. The second-order valence-corrected chi connectivity index (χ2v) is 4.31. The van der Waals surface area contributed by atoms with Crippen LogP contribution in [0.25, 0.3) is 0 Å². The summed E-state index contributed by atoms with van der Waals surface area (Å²) in [4.78, 5) is 10.2. The van der Waals surface area contributed by atoms with Crippen LogP contribution in [0.5, 0.6) is 11.5 Å². The van der Waals surface area contributed by atoms with Gasteiger partial charge in [0.05, 0.1) is 12.0 Å². The number of phenols is 1. The first-order chi connectivity index (χ1) is 7.98. The van der Waals surface area contributed by atoms with E-state index in [4.69, 9.17) is 10.5 Å². The van der Waals surface area contributed by atoms with Crippen LogP contribution in [-0.2, 0) is 5.54 Å². The van der Waals surface area contributed by atoms with Crippen LogP contribution >= 0.6 is 0 Å². The van der Waals surface area contributed by atoms with E-state index in [1.54, 1.807) is 6.07 Å². The molecule has 0 spiro atoms. The number of nitrogens with zero attached hydrogens (tertiary/aromatic N) is 1. The van der Waals surface area contributed by atoms with E-state index in [-0.39, 0.29) is 11.4 Å². The minimum Gasteiger partial charge on any atom is -0.500 e. The number of nitrogens with two attached hydrogens (primary N) is 1. The van der Waals surface area contributed by atoms with Gasteiger partial charge in [0.1, 0.15) is 0 Å². The Morgan fingerprint density at radius 1 is 1.53 bits per heavy atom. The Morgan fingerprint density at radius 3 is 2.59 bits per heavy atom. The first kappa shape index (κ1) is 11.7. The fourth-order valence-corrected chi connectivity index (χ4v) is 2.02. The Morgan fingerprint density at radius 2 is 2.18 bits per heavy atom. The number of aromatic hydroxyl groups is 1. The minimum absolute atomic E-state index is 0.0888. The highest BCUT2D eigenvalue weighted by Crippen LogP contribution is 2.45. The molecule has 0 heterocycles. The second kappa shape index (κ2) is 3.89. The van der Waals surface area contributed by atoms with Gasteiger partial charge < -0.3 is 15.6 Å². The Labute approximate surface area is 98.2 Å². The van der Waals surface area contributed by atoms with E-state index in [2.05, 4.69) is 0 Å². The number of phenolic OH excluding ortho intramolecular Hbond substituents is 1. The van der Waals surface area contributed by atoms with Crippen molar-refractivity contribution in [3.05, 3.63) is 27.8 Å². The Hall–Kier alpha value is -1.82. The molecule has 17 heavy (non-hydrogen) atoms. The van der Waals surface area contributed by atoms with Crippen LogP contribution in [0.3, 0.4) is 0 Å². The van der Waals surface area contributed by atoms with Gasteiger partial charge >= 0.3 is 5.69 Å². The molecule has 0 unspecified atom stereocenters. The summed E-state index contributed by atoms with van der Waals surface area (Å²) in [5.74, 6) is -0.366. The minimum atomic E-state index is -0.636. The maximum absolute atomic E-state index is 10.8. The molecule has 6 heteroatoms. The molecule has 1 aromatic carbocycles. The number of nitro benzene ring substituents is 1. The molecular weight excluding hydrogens is 224 g/mol. The Bertz CT molecular complexity index is 469. The molecule has 0 bridgehead atoms. The van der Waals surface area contributed by atoms with Gasteiger partial charge in [-0.25, -0.2) is 0 Å². The van der Waals surface area contributed by atoms with Crippen LogP contribution in [0.4, 0.5) is 5.69 Å². The van der Waals surface area contributed by atoms with Crippen molar-refractivity contribution in [1.29, 1.82) is 0 Å². The van der Waals surface area contributed by atoms with Gasteiger partial charge in [0, 0.05) is 11.6 Å². The molecule has 1 saturated carbocycles. The summed E-state index contributed by atoms with van der Waals surface area (Å²) in [7, 11) is 1.35. The lowest BCUT2D eigenvalue weighted by Crippen LogP contribution is -2.43. The van der Waals surface area contributed by atoms with Crippen LogP contribution in [-0.4, -0.2) is 17.1 Å². The lowest BCUT2D eigenvalue weighted by molar-refractivity contribution is -0.386. The maximum Gasteiger partial charge on any atom is 0.315 e. The monoisotopic (exact) mass is 238 g/mol. The number of hydrogen-bond acceptors (Lipinski definition) is 5. The van der Waals surface area contributed by atoms with Crippen molar-refractivity contribution < 1.29 is 14.8 Å². The van der Waals surface area contributed by atoms with Crippen molar-refractivity contribution in [2.24, 2.45) is 5.73 Å². The van der Waals surface area contributed by atoms with E-state index in [1.165, 1.54) is 13.2 Å². The van der Waals surface area contributed by atoms with Gasteiger partial charge in [0.25, 0.3) is 0 Å². The number of hydrogen-bond donors (Lipinski definition) is 2. The fraction of sp³-hybridized carbons (Fsp3) is 0.455. The normalized spacial score (nSPS) is 17.3. The lowest BCUT2D eigenvalue weighted by atomic mass is 9.72. The van der Waals surface area contributed by atoms with Gasteiger partial charge in [-0.3, -0.25) is 10.1 Å². The Balaban J connectivity index is 2.54. The molecule has 92 valence electrons. The summed E-state index contributed by atoms with van der Waals surface area (Å²) in [5, 5.41) is 20.5. The predicted molar refractivity (Wildman–Crippen MR) is 61.0 cm³/mol. The van der Waals surface area contributed by atoms with Crippen molar-refractivity contribution in [3.8, 4) is 11.5 Å². The molecule has 6 nitrogen and oxygen atoms in total. The predicted octanol–water partition coefficient (Wildman–Crippen LogP) is 1.65. The summed E-state index contributed by atoms with van der Waals surface area (Å²) in [6.07, 6.45) is 2.59. The van der Waals surface area contributed by atoms with Crippen LogP contribution in [0, 0.1) is 10.1 Å². The van der Waals surface area contributed by atoms with Crippen LogP contribution in [0.15, 0.2) is 12.1 Å². The highest BCUT2D eigenvalue weighted by molar-refractivity contribution is 5.58. The van der Waals surface area contributed by atoms with Gasteiger partial charge in [-0.05, 0) is 30.9 Å². The molecule has 3 N–H and O–H groups in total. The molecule has 0 aliphatic heterocycles. The molecule has 0 atom stereocenters. The first-order valence-electron chi connectivity index (χ1n) is 5.33. The summed E-state index contributed by atoms with van der Waals surface area (Å²) >= 11 is 0. The summed E-state index contributed by atoms with van der Waals surface area (Å²) in [6.45, 7) is 0. The zero-order chi connectivity index (χ0) is 12.6. The number of nitro groups is 1. The average Bonchev–Trinajstić information content (AvgIpc) is 2.25. The molecule has 1 aliphatic carbocycles.